The first kappa shape index (κ1) is 12.8. The van der Waals surface area contributed by atoms with Crippen LogP contribution in [0.3, 0.4) is 0 Å². The summed E-state index contributed by atoms with van der Waals surface area (Å²) in [5, 5.41) is 9.38. The van der Waals surface area contributed by atoms with E-state index in [9.17, 15) is 5.11 Å². The van der Waals surface area contributed by atoms with Crippen molar-refractivity contribution in [1.29, 1.82) is 0 Å². The Hall–Kier alpha value is -0.250. The van der Waals surface area contributed by atoms with Crippen molar-refractivity contribution in [2.24, 2.45) is 11.7 Å². The zero-order chi connectivity index (χ0) is 10.1. The third-order valence-corrected chi connectivity index (χ3v) is 3.72. The number of benzene rings is 1. The lowest BCUT2D eigenvalue weighted by Crippen LogP contribution is -2.27. The number of hydrogen-bond donors (Lipinski definition) is 2. The molecule has 4 heteroatoms. The SMILES string of the molecule is Cl.N[C@@H](c1cc(O)ccc1Br)C1CCC1. The van der Waals surface area contributed by atoms with Crippen LogP contribution in [0, 0.1) is 5.92 Å². The van der Waals surface area contributed by atoms with Gasteiger partial charge in [-0.3, -0.25) is 0 Å². The fourth-order valence-electron chi connectivity index (χ4n) is 1.84. The Morgan fingerprint density at radius 2 is 2.07 bits per heavy atom. The molecule has 0 radical (unpaired) electrons. The number of rotatable bonds is 2. The van der Waals surface area contributed by atoms with Crippen LogP contribution in [0.15, 0.2) is 22.7 Å². The third-order valence-electron chi connectivity index (χ3n) is 3.00. The highest BCUT2D eigenvalue weighted by Gasteiger charge is 2.26. The van der Waals surface area contributed by atoms with E-state index in [2.05, 4.69) is 15.9 Å². The fourth-order valence-corrected chi connectivity index (χ4v) is 2.35. The second-order valence-electron chi connectivity index (χ2n) is 3.92. The van der Waals surface area contributed by atoms with E-state index in [-0.39, 0.29) is 24.2 Å². The molecule has 1 aliphatic carbocycles. The summed E-state index contributed by atoms with van der Waals surface area (Å²) >= 11 is 3.46. The average molecular weight is 293 g/mol. The molecule has 0 saturated heterocycles. The van der Waals surface area contributed by atoms with Gasteiger partial charge in [-0.2, -0.15) is 0 Å². The summed E-state index contributed by atoms with van der Waals surface area (Å²) in [6.45, 7) is 0. The molecule has 15 heavy (non-hydrogen) atoms. The van der Waals surface area contributed by atoms with Gasteiger partial charge in [-0.25, -0.2) is 0 Å². The summed E-state index contributed by atoms with van der Waals surface area (Å²) in [6, 6.07) is 5.34. The van der Waals surface area contributed by atoms with E-state index in [0.717, 1.165) is 10.0 Å². The average Bonchev–Trinajstić information content (AvgIpc) is 2.06. The zero-order valence-corrected chi connectivity index (χ0v) is 10.7. The third kappa shape index (κ3) is 2.65. The van der Waals surface area contributed by atoms with Crippen LogP contribution in [0.5, 0.6) is 5.75 Å². The number of aromatic hydroxyl groups is 1. The summed E-state index contributed by atoms with van der Waals surface area (Å²) in [4.78, 5) is 0. The lowest BCUT2D eigenvalue weighted by molar-refractivity contribution is 0.263. The molecule has 0 bridgehead atoms. The lowest BCUT2D eigenvalue weighted by atomic mass is 9.77. The van der Waals surface area contributed by atoms with Crippen molar-refractivity contribution in [1.82, 2.24) is 0 Å². The molecule has 1 aromatic carbocycles. The second kappa shape index (κ2) is 5.19. The Bertz CT molecular complexity index is 341. The van der Waals surface area contributed by atoms with Gasteiger partial charge in [-0.1, -0.05) is 22.4 Å². The van der Waals surface area contributed by atoms with Crippen LogP contribution in [0.2, 0.25) is 0 Å². The Morgan fingerprint density at radius 3 is 2.60 bits per heavy atom. The van der Waals surface area contributed by atoms with E-state index in [0.29, 0.717) is 5.92 Å². The van der Waals surface area contributed by atoms with Crippen LogP contribution >= 0.6 is 28.3 Å². The van der Waals surface area contributed by atoms with Crippen LogP contribution in [-0.4, -0.2) is 5.11 Å². The van der Waals surface area contributed by atoms with Gasteiger partial charge in [0.2, 0.25) is 0 Å². The van der Waals surface area contributed by atoms with Crippen molar-refractivity contribution in [3.8, 4) is 5.75 Å². The van der Waals surface area contributed by atoms with Crippen LogP contribution < -0.4 is 5.73 Å². The molecule has 1 saturated carbocycles. The topological polar surface area (TPSA) is 46.2 Å². The van der Waals surface area contributed by atoms with Gasteiger partial charge < -0.3 is 10.8 Å². The molecule has 1 aliphatic rings. The van der Waals surface area contributed by atoms with Gasteiger partial charge in [0.25, 0.3) is 0 Å². The molecule has 0 spiro atoms. The Morgan fingerprint density at radius 1 is 1.40 bits per heavy atom. The van der Waals surface area contributed by atoms with Gasteiger partial charge in [0, 0.05) is 10.5 Å². The molecule has 0 aliphatic heterocycles. The van der Waals surface area contributed by atoms with Crippen LogP contribution in [0.25, 0.3) is 0 Å². The first-order valence-electron chi connectivity index (χ1n) is 4.92. The Labute approximate surface area is 104 Å². The molecule has 0 amide bonds. The smallest absolute Gasteiger partial charge is 0.115 e. The maximum Gasteiger partial charge on any atom is 0.115 e. The number of hydrogen-bond acceptors (Lipinski definition) is 2. The predicted molar refractivity (Wildman–Crippen MR) is 67.3 cm³/mol. The van der Waals surface area contributed by atoms with Crippen LogP contribution in [0.4, 0.5) is 0 Å². The summed E-state index contributed by atoms with van der Waals surface area (Å²) in [7, 11) is 0. The van der Waals surface area contributed by atoms with E-state index >= 15 is 0 Å². The van der Waals surface area contributed by atoms with Crippen LogP contribution in [-0.2, 0) is 0 Å². The van der Waals surface area contributed by atoms with Crippen molar-refractivity contribution in [2.45, 2.75) is 25.3 Å². The zero-order valence-electron chi connectivity index (χ0n) is 8.32. The number of phenols is 1. The van der Waals surface area contributed by atoms with Crippen molar-refractivity contribution in [2.75, 3.05) is 0 Å². The quantitative estimate of drug-likeness (QED) is 0.878. The molecule has 1 aromatic rings. The second-order valence-corrected chi connectivity index (χ2v) is 4.78. The fraction of sp³-hybridized carbons (Fsp3) is 0.455. The first-order chi connectivity index (χ1) is 6.68. The molecule has 3 N–H and O–H groups in total. The van der Waals surface area contributed by atoms with Crippen molar-refractivity contribution in [3.63, 3.8) is 0 Å². The lowest BCUT2D eigenvalue weighted by Gasteiger charge is -2.32. The minimum absolute atomic E-state index is 0. The van der Waals surface area contributed by atoms with Gasteiger partial charge in [0.1, 0.15) is 5.75 Å². The molecule has 2 rings (SSSR count). The largest absolute Gasteiger partial charge is 0.508 e. The molecule has 84 valence electrons. The van der Waals surface area contributed by atoms with E-state index in [1.165, 1.54) is 19.3 Å². The summed E-state index contributed by atoms with van der Waals surface area (Å²) in [5.41, 5.74) is 7.15. The number of halogens is 2. The molecule has 0 heterocycles. The van der Waals surface area contributed by atoms with E-state index in [1.54, 1.807) is 12.1 Å². The molecule has 1 atom stereocenters. The molecular formula is C11H15BrClNO. The van der Waals surface area contributed by atoms with Gasteiger partial charge in [-0.05, 0) is 42.5 Å². The molecule has 2 nitrogen and oxygen atoms in total. The minimum atomic E-state index is 0. The summed E-state index contributed by atoms with van der Waals surface area (Å²) < 4.78 is 0.995. The maximum atomic E-state index is 9.38. The Balaban J connectivity index is 0.00000112. The monoisotopic (exact) mass is 291 g/mol. The summed E-state index contributed by atoms with van der Waals surface area (Å²) in [5.74, 6) is 0.881. The molecule has 0 aromatic heterocycles. The Kier molecular flexibility index (Phi) is 4.44. The number of phenolic OH excluding ortho intramolecular Hbond substituents is 1. The highest BCUT2D eigenvalue weighted by atomic mass is 79.9. The standard InChI is InChI=1S/C11H14BrNO.ClH/c12-10-5-4-8(14)6-9(10)11(13)7-2-1-3-7;/h4-7,11,14H,1-3,13H2;1H/t11-;/m1./s1. The summed E-state index contributed by atoms with van der Waals surface area (Å²) in [6.07, 6.45) is 3.71. The van der Waals surface area contributed by atoms with Gasteiger partial charge in [-0.15, -0.1) is 12.4 Å². The van der Waals surface area contributed by atoms with E-state index < -0.39 is 0 Å². The van der Waals surface area contributed by atoms with Crippen molar-refractivity contribution >= 4 is 28.3 Å². The predicted octanol–water partition coefficient (Wildman–Crippen LogP) is 3.38. The highest BCUT2D eigenvalue weighted by Crippen LogP contribution is 2.39. The minimum Gasteiger partial charge on any atom is -0.508 e. The normalized spacial score (nSPS) is 17.7. The molecule has 1 fully saturated rings. The van der Waals surface area contributed by atoms with Gasteiger partial charge in [0.05, 0.1) is 0 Å². The molecule has 0 unspecified atom stereocenters. The maximum absolute atomic E-state index is 9.38. The first-order valence-corrected chi connectivity index (χ1v) is 5.72. The van der Waals surface area contributed by atoms with Gasteiger partial charge in [0.15, 0.2) is 0 Å². The van der Waals surface area contributed by atoms with Crippen molar-refractivity contribution in [3.05, 3.63) is 28.2 Å². The van der Waals surface area contributed by atoms with E-state index in [4.69, 9.17) is 5.73 Å². The van der Waals surface area contributed by atoms with Crippen LogP contribution in [0.1, 0.15) is 30.9 Å². The van der Waals surface area contributed by atoms with Crippen molar-refractivity contribution < 1.29 is 5.11 Å². The van der Waals surface area contributed by atoms with E-state index in [1.807, 2.05) is 6.07 Å². The number of nitrogens with two attached hydrogens (primary N) is 1. The molecular weight excluding hydrogens is 277 g/mol. The highest BCUT2D eigenvalue weighted by molar-refractivity contribution is 9.10. The van der Waals surface area contributed by atoms with Gasteiger partial charge >= 0.3 is 0 Å².